The van der Waals surface area contributed by atoms with Gasteiger partial charge in [0.1, 0.15) is 0 Å². The second-order valence-corrected chi connectivity index (χ2v) is 7.57. The van der Waals surface area contributed by atoms with Crippen LogP contribution in [0.2, 0.25) is 0 Å². The van der Waals surface area contributed by atoms with E-state index in [1.165, 1.54) is 38.5 Å². The van der Waals surface area contributed by atoms with E-state index in [1.807, 2.05) is 11.8 Å². The molecule has 5 rings (SSSR count). The van der Waals surface area contributed by atoms with Gasteiger partial charge in [0.25, 0.3) is 0 Å². The van der Waals surface area contributed by atoms with Crippen molar-refractivity contribution in [1.29, 1.82) is 0 Å². The Bertz CT molecular complexity index is 353. The molecule has 1 atom stereocenters. The summed E-state index contributed by atoms with van der Waals surface area (Å²) in [6.45, 7) is 3.74. The molecule has 4 aliphatic carbocycles. The van der Waals surface area contributed by atoms with Gasteiger partial charge in [-0.15, -0.1) is 0 Å². The molecule has 0 spiro atoms. The summed E-state index contributed by atoms with van der Waals surface area (Å²) < 4.78 is 0. The minimum atomic E-state index is 0.0403. The maximum absolute atomic E-state index is 11.9. The quantitative estimate of drug-likeness (QED) is 0.846. The highest BCUT2D eigenvalue weighted by Crippen LogP contribution is 2.57. The summed E-state index contributed by atoms with van der Waals surface area (Å²) in [4.78, 5) is 14.0. The monoisotopic (exact) mass is 262 g/mol. The fraction of sp³-hybridized carbons (Fsp3) is 0.938. The molecule has 1 N–H and O–H groups in total. The third-order valence-corrected chi connectivity index (χ3v) is 6.42. The minimum Gasteiger partial charge on any atom is -0.329 e. The summed E-state index contributed by atoms with van der Waals surface area (Å²) in [5, 5.41) is 3.25. The molecule has 3 nitrogen and oxygen atoms in total. The molecule has 0 radical (unpaired) electrons. The SMILES string of the molecule is CC1NCN(CCC2C3CC4CC(C3)CC2C4)C1=O. The van der Waals surface area contributed by atoms with Crippen molar-refractivity contribution in [2.75, 3.05) is 13.2 Å². The van der Waals surface area contributed by atoms with Gasteiger partial charge in [0.15, 0.2) is 0 Å². The van der Waals surface area contributed by atoms with Crippen LogP contribution in [-0.4, -0.2) is 30.1 Å². The lowest BCUT2D eigenvalue weighted by Crippen LogP contribution is -2.46. The average Bonchev–Trinajstić information content (AvgIpc) is 2.69. The van der Waals surface area contributed by atoms with E-state index in [2.05, 4.69) is 5.32 Å². The van der Waals surface area contributed by atoms with Crippen molar-refractivity contribution in [2.24, 2.45) is 29.6 Å². The summed E-state index contributed by atoms with van der Waals surface area (Å²) in [6, 6.07) is 0.0403. The summed E-state index contributed by atoms with van der Waals surface area (Å²) in [7, 11) is 0. The lowest BCUT2D eigenvalue weighted by molar-refractivity contribution is -0.129. The van der Waals surface area contributed by atoms with Crippen molar-refractivity contribution < 1.29 is 4.79 Å². The number of rotatable bonds is 3. The number of hydrogen-bond donors (Lipinski definition) is 1. The van der Waals surface area contributed by atoms with Crippen LogP contribution in [-0.2, 0) is 4.79 Å². The largest absolute Gasteiger partial charge is 0.329 e. The van der Waals surface area contributed by atoms with Crippen molar-refractivity contribution in [1.82, 2.24) is 10.2 Å². The first-order chi connectivity index (χ1) is 9.20. The molecule has 1 amide bonds. The second-order valence-electron chi connectivity index (χ2n) is 7.57. The number of carbonyl (C=O) groups is 1. The Morgan fingerprint density at radius 1 is 1.11 bits per heavy atom. The van der Waals surface area contributed by atoms with Crippen LogP contribution in [0.5, 0.6) is 0 Å². The Morgan fingerprint density at radius 3 is 2.26 bits per heavy atom. The third kappa shape index (κ3) is 2.01. The molecule has 0 aromatic carbocycles. The third-order valence-electron chi connectivity index (χ3n) is 6.42. The van der Waals surface area contributed by atoms with Crippen LogP contribution in [0.4, 0.5) is 0 Å². The normalized spacial score (nSPS) is 48.3. The zero-order valence-electron chi connectivity index (χ0n) is 12.0. The minimum absolute atomic E-state index is 0.0403. The highest BCUT2D eigenvalue weighted by molar-refractivity contribution is 5.83. The predicted molar refractivity (Wildman–Crippen MR) is 74.3 cm³/mol. The van der Waals surface area contributed by atoms with Gasteiger partial charge >= 0.3 is 0 Å². The van der Waals surface area contributed by atoms with Crippen molar-refractivity contribution in [3.8, 4) is 0 Å². The van der Waals surface area contributed by atoms with Gasteiger partial charge in [0.05, 0.1) is 12.7 Å². The maximum atomic E-state index is 11.9. The van der Waals surface area contributed by atoms with Gasteiger partial charge in [-0.3, -0.25) is 10.1 Å². The zero-order chi connectivity index (χ0) is 13.0. The highest BCUT2D eigenvalue weighted by atomic mass is 16.2. The number of nitrogens with zero attached hydrogens (tertiary/aromatic N) is 1. The van der Waals surface area contributed by atoms with Crippen LogP contribution < -0.4 is 5.32 Å². The summed E-state index contributed by atoms with van der Waals surface area (Å²) in [5.41, 5.74) is 0. The molecule has 5 fully saturated rings. The molecule has 1 aliphatic heterocycles. The average molecular weight is 262 g/mol. The van der Waals surface area contributed by atoms with Crippen LogP contribution in [0, 0.1) is 29.6 Å². The fourth-order valence-electron chi connectivity index (χ4n) is 5.69. The van der Waals surface area contributed by atoms with Crippen LogP contribution in [0.25, 0.3) is 0 Å². The van der Waals surface area contributed by atoms with Crippen molar-refractivity contribution in [3.63, 3.8) is 0 Å². The molecule has 106 valence electrons. The van der Waals surface area contributed by atoms with Crippen LogP contribution in [0.15, 0.2) is 0 Å². The van der Waals surface area contributed by atoms with E-state index in [9.17, 15) is 4.79 Å². The second kappa shape index (κ2) is 4.47. The van der Waals surface area contributed by atoms with E-state index in [4.69, 9.17) is 0 Å². The van der Waals surface area contributed by atoms with Gasteiger partial charge < -0.3 is 4.90 Å². The molecular weight excluding hydrogens is 236 g/mol. The summed E-state index contributed by atoms with van der Waals surface area (Å²) in [6.07, 6.45) is 8.79. The van der Waals surface area contributed by atoms with E-state index >= 15 is 0 Å². The molecule has 0 aromatic rings. The van der Waals surface area contributed by atoms with Gasteiger partial charge in [-0.1, -0.05) is 0 Å². The van der Waals surface area contributed by atoms with E-state index in [0.29, 0.717) is 5.91 Å². The molecule has 4 saturated carbocycles. The van der Waals surface area contributed by atoms with Gasteiger partial charge in [0.2, 0.25) is 5.91 Å². The number of nitrogens with one attached hydrogen (secondary N) is 1. The first-order valence-corrected chi connectivity index (χ1v) is 8.23. The van der Waals surface area contributed by atoms with Crippen LogP contribution in [0.1, 0.15) is 45.4 Å². The molecule has 1 saturated heterocycles. The Morgan fingerprint density at radius 2 is 1.74 bits per heavy atom. The molecule has 0 aromatic heterocycles. The van der Waals surface area contributed by atoms with Crippen LogP contribution >= 0.6 is 0 Å². The number of hydrogen-bond acceptors (Lipinski definition) is 2. The molecule has 4 bridgehead atoms. The van der Waals surface area contributed by atoms with Gasteiger partial charge in [-0.2, -0.15) is 0 Å². The van der Waals surface area contributed by atoms with Crippen molar-refractivity contribution in [3.05, 3.63) is 0 Å². The smallest absolute Gasteiger partial charge is 0.240 e. The molecule has 1 unspecified atom stereocenters. The molecule has 1 heterocycles. The Balaban J connectivity index is 1.37. The number of carbonyl (C=O) groups excluding carboxylic acids is 1. The fourth-order valence-corrected chi connectivity index (χ4v) is 5.69. The van der Waals surface area contributed by atoms with E-state index in [-0.39, 0.29) is 6.04 Å². The molecule has 19 heavy (non-hydrogen) atoms. The van der Waals surface area contributed by atoms with Gasteiger partial charge in [0, 0.05) is 6.54 Å². The topological polar surface area (TPSA) is 32.3 Å². The van der Waals surface area contributed by atoms with Crippen molar-refractivity contribution >= 4 is 5.91 Å². The van der Waals surface area contributed by atoms with E-state index < -0.39 is 0 Å². The Hall–Kier alpha value is -0.570. The van der Waals surface area contributed by atoms with Gasteiger partial charge in [-0.05, 0) is 75.0 Å². The first-order valence-electron chi connectivity index (χ1n) is 8.23. The lowest BCUT2D eigenvalue weighted by atomic mass is 9.51. The Kier molecular flexibility index (Phi) is 2.87. The molecule has 3 heteroatoms. The molecule has 5 aliphatic rings. The molecular formula is C16H26N2O. The summed E-state index contributed by atoms with van der Waals surface area (Å²) in [5.74, 6) is 5.36. The van der Waals surface area contributed by atoms with E-state index in [1.54, 1.807) is 0 Å². The van der Waals surface area contributed by atoms with Gasteiger partial charge in [-0.25, -0.2) is 0 Å². The standard InChI is InChI=1S/C16H26N2O/c1-10-16(19)18(9-17-10)3-2-15-13-5-11-4-12(7-13)8-14(15)6-11/h10-15,17H,2-9H2,1H3. The lowest BCUT2D eigenvalue weighted by Gasteiger charge is -2.54. The summed E-state index contributed by atoms with van der Waals surface area (Å²) >= 11 is 0. The number of amides is 1. The van der Waals surface area contributed by atoms with Crippen molar-refractivity contribution in [2.45, 2.75) is 51.5 Å². The predicted octanol–water partition coefficient (Wildman–Crippen LogP) is 2.23. The maximum Gasteiger partial charge on any atom is 0.240 e. The Labute approximate surface area is 116 Å². The van der Waals surface area contributed by atoms with Crippen LogP contribution in [0.3, 0.4) is 0 Å². The highest BCUT2D eigenvalue weighted by Gasteiger charge is 2.47. The zero-order valence-corrected chi connectivity index (χ0v) is 12.0. The van der Waals surface area contributed by atoms with E-state index in [0.717, 1.165) is 42.8 Å². The first kappa shape index (κ1) is 12.2.